The number of likely N-dealkylation sites (N-methyl/N-ethyl adjacent to an activating group) is 1. The molecule has 0 radical (unpaired) electrons. The van der Waals surface area contributed by atoms with Gasteiger partial charge in [-0.1, -0.05) is 80.9 Å². The SMILES string of the molecule is CCNC(=O)[C@@H](NC(=O)[C@H](C)NC[C@H](Cc1ccccc1)NC(=O)c1cc(C(=O)N[C@H](C)c2ccccc2)cc(N(C)S(=O)(=O)N2CCCCC2)c1)C(C)C. The molecule has 298 valence electrons. The van der Waals surface area contributed by atoms with Crippen molar-refractivity contribution in [2.45, 2.75) is 84.5 Å². The van der Waals surface area contributed by atoms with Crippen LogP contribution < -0.4 is 30.9 Å². The van der Waals surface area contributed by atoms with E-state index < -0.39 is 40.1 Å². The Bertz CT molecular complexity index is 1850. The lowest BCUT2D eigenvalue weighted by atomic mass is 10.0. The molecule has 0 spiro atoms. The molecule has 14 heteroatoms. The summed E-state index contributed by atoms with van der Waals surface area (Å²) in [6, 6.07) is 21.1. The minimum atomic E-state index is -3.95. The van der Waals surface area contributed by atoms with E-state index in [2.05, 4.69) is 26.6 Å². The summed E-state index contributed by atoms with van der Waals surface area (Å²) in [5.41, 5.74) is 2.23. The van der Waals surface area contributed by atoms with E-state index >= 15 is 0 Å². The molecule has 1 fully saturated rings. The molecule has 4 rings (SSSR count). The summed E-state index contributed by atoms with van der Waals surface area (Å²) in [4.78, 5) is 53.7. The second-order valence-corrected chi connectivity index (χ2v) is 16.4. The van der Waals surface area contributed by atoms with Crippen molar-refractivity contribution in [2.75, 3.05) is 37.5 Å². The Morgan fingerprint density at radius 2 is 1.35 bits per heavy atom. The van der Waals surface area contributed by atoms with Crippen LogP contribution in [-0.2, 0) is 26.2 Å². The van der Waals surface area contributed by atoms with Crippen molar-refractivity contribution in [3.63, 3.8) is 0 Å². The van der Waals surface area contributed by atoms with E-state index in [1.165, 1.54) is 29.6 Å². The van der Waals surface area contributed by atoms with Crippen LogP contribution in [0.2, 0.25) is 0 Å². The molecular weight excluding hydrogens is 719 g/mol. The summed E-state index contributed by atoms with van der Waals surface area (Å²) in [7, 11) is -2.52. The van der Waals surface area contributed by atoms with Crippen molar-refractivity contribution in [2.24, 2.45) is 5.92 Å². The van der Waals surface area contributed by atoms with Crippen LogP contribution in [-0.4, -0.2) is 87.7 Å². The first-order valence-electron chi connectivity index (χ1n) is 19.1. The summed E-state index contributed by atoms with van der Waals surface area (Å²) < 4.78 is 30.1. The number of carbonyl (C=O) groups excluding carboxylic acids is 4. The quantitative estimate of drug-likeness (QED) is 0.130. The second kappa shape index (κ2) is 20.2. The highest BCUT2D eigenvalue weighted by molar-refractivity contribution is 7.90. The molecule has 5 N–H and O–H groups in total. The van der Waals surface area contributed by atoms with E-state index in [9.17, 15) is 27.6 Å². The summed E-state index contributed by atoms with van der Waals surface area (Å²) in [6.07, 6.45) is 2.87. The van der Waals surface area contributed by atoms with Crippen molar-refractivity contribution >= 4 is 39.5 Å². The Kier molecular flexibility index (Phi) is 15.8. The van der Waals surface area contributed by atoms with Gasteiger partial charge in [-0.2, -0.15) is 12.7 Å². The second-order valence-electron chi connectivity index (χ2n) is 14.4. The van der Waals surface area contributed by atoms with Gasteiger partial charge >= 0.3 is 10.2 Å². The molecular formula is C41H57N7O6S. The number of hydrogen-bond donors (Lipinski definition) is 5. The van der Waals surface area contributed by atoms with Gasteiger partial charge in [-0.25, -0.2) is 0 Å². The van der Waals surface area contributed by atoms with Gasteiger partial charge in [0.25, 0.3) is 11.8 Å². The van der Waals surface area contributed by atoms with Crippen LogP contribution >= 0.6 is 0 Å². The predicted molar refractivity (Wildman–Crippen MR) is 216 cm³/mol. The standard InChI is InChI=1S/C41H57N7O6S/c1-7-42-41(52)37(28(2)3)46-38(49)30(5)43-27-35(23-31-17-11-8-12-18-31)45-40(51)34-24-33(39(50)44-29(4)32-19-13-9-14-20-32)25-36(26-34)47(6)55(53,54)48-21-15-10-16-22-48/h8-9,11-14,17-20,24-26,28-30,35,37,43H,7,10,15-16,21-23,27H2,1-6H3,(H,42,52)(H,44,50)(H,45,51)(H,46,49)/t29-,30+,35+,37+/m1/s1. The van der Waals surface area contributed by atoms with Crippen molar-refractivity contribution in [1.82, 2.24) is 30.9 Å². The Labute approximate surface area is 326 Å². The smallest absolute Gasteiger partial charge is 0.303 e. The van der Waals surface area contributed by atoms with Gasteiger partial charge in [-0.3, -0.25) is 23.5 Å². The number of hydrogen-bond acceptors (Lipinski definition) is 7. The first kappa shape index (κ1) is 42.9. The summed E-state index contributed by atoms with van der Waals surface area (Å²) in [5.74, 6) is -1.74. The zero-order chi connectivity index (χ0) is 40.1. The van der Waals surface area contributed by atoms with Crippen LogP contribution in [0.25, 0.3) is 0 Å². The van der Waals surface area contributed by atoms with E-state index in [-0.39, 0.29) is 47.1 Å². The number of nitrogens with one attached hydrogen (secondary N) is 5. The molecule has 0 unspecified atom stereocenters. The zero-order valence-corrected chi connectivity index (χ0v) is 33.6. The number of anilines is 1. The van der Waals surface area contributed by atoms with Gasteiger partial charge in [0, 0.05) is 50.4 Å². The number of nitrogens with zero attached hydrogens (tertiary/aromatic N) is 2. The molecule has 3 aromatic rings. The average Bonchev–Trinajstić information content (AvgIpc) is 3.19. The number of benzene rings is 3. The number of rotatable bonds is 18. The summed E-state index contributed by atoms with van der Waals surface area (Å²) in [6.45, 7) is 10.5. The Balaban J connectivity index is 1.61. The van der Waals surface area contributed by atoms with E-state index in [0.717, 1.165) is 34.7 Å². The first-order chi connectivity index (χ1) is 26.2. The molecule has 55 heavy (non-hydrogen) atoms. The van der Waals surface area contributed by atoms with Crippen molar-refractivity contribution in [3.05, 3.63) is 101 Å². The largest absolute Gasteiger partial charge is 0.355 e. The van der Waals surface area contributed by atoms with Gasteiger partial charge in [-0.05, 0) is 75.3 Å². The lowest BCUT2D eigenvalue weighted by Gasteiger charge is -2.31. The average molecular weight is 776 g/mol. The fourth-order valence-electron chi connectivity index (χ4n) is 6.41. The highest BCUT2D eigenvalue weighted by atomic mass is 32.2. The van der Waals surface area contributed by atoms with E-state index in [0.29, 0.717) is 26.1 Å². The van der Waals surface area contributed by atoms with Crippen LogP contribution in [0, 0.1) is 5.92 Å². The third-order valence-electron chi connectivity index (χ3n) is 9.76. The van der Waals surface area contributed by atoms with Gasteiger partial charge in [0.1, 0.15) is 6.04 Å². The third-order valence-corrected chi connectivity index (χ3v) is 11.7. The summed E-state index contributed by atoms with van der Waals surface area (Å²) >= 11 is 0. The Morgan fingerprint density at radius 1 is 0.764 bits per heavy atom. The molecule has 1 aliphatic rings. The van der Waals surface area contributed by atoms with Crippen molar-refractivity contribution < 1.29 is 27.6 Å². The number of piperidine rings is 1. The third kappa shape index (κ3) is 12.1. The Hall–Kier alpha value is -4.79. The minimum absolute atomic E-state index is 0.0984. The van der Waals surface area contributed by atoms with Crippen molar-refractivity contribution in [1.29, 1.82) is 0 Å². The normalized spacial score (nSPS) is 15.6. The molecule has 1 heterocycles. The lowest BCUT2D eigenvalue weighted by molar-refractivity contribution is -0.130. The zero-order valence-electron chi connectivity index (χ0n) is 32.8. The monoisotopic (exact) mass is 775 g/mol. The molecule has 1 saturated heterocycles. The maximum Gasteiger partial charge on any atom is 0.303 e. The fourth-order valence-corrected chi connectivity index (χ4v) is 7.85. The molecule has 0 saturated carbocycles. The topological polar surface area (TPSA) is 169 Å². The van der Waals surface area contributed by atoms with E-state index in [1.54, 1.807) is 6.92 Å². The molecule has 0 aliphatic carbocycles. The molecule has 13 nitrogen and oxygen atoms in total. The maximum absolute atomic E-state index is 14.2. The van der Waals surface area contributed by atoms with Gasteiger partial charge in [0.2, 0.25) is 11.8 Å². The number of amides is 4. The minimum Gasteiger partial charge on any atom is -0.355 e. The van der Waals surface area contributed by atoms with Crippen LogP contribution in [0.5, 0.6) is 0 Å². The molecule has 0 bridgehead atoms. The highest BCUT2D eigenvalue weighted by Crippen LogP contribution is 2.25. The summed E-state index contributed by atoms with van der Waals surface area (Å²) in [5, 5.41) is 14.9. The van der Waals surface area contributed by atoms with Gasteiger partial charge in [0.05, 0.1) is 17.8 Å². The maximum atomic E-state index is 14.2. The lowest BCUT2D eigenvalue weighted by Crippen LogP contribution is -2.55. The molecule has 0 aromatic heterocycles. The Morgan fingerprint density at radius 3 is 1.93 bits per heavy atom. The molecule has 1 aliphatic heterocycles. The van der Waals surface area contributed by atoms with Crippen LogP contribution in [0.4, 0.5) is 5.69 Å². The predicted octanol–water partition coefficient (Wildman–Crippen LogP) is 3.94. The van der Waals surface area contributed by atoms with E-state index in [4.69, 9.17) is 0 Å². The van der Waals surface area contributed by atoms with Crippen molar-refractivity contribution in [3.8, 4) is 0 Å². The highest BCUT2D eigenvalue weighted by Gasteiger charge is 2.31. The molecule has 4 amide bonds. The van der Waals surface area contributed by atoms with Gasteiger partial charge in [0.15, 0.2) is 0 Å². The molecule has 4 atom stereocenters. The van der Waals surface area contributed by atoms with Crippen LogP contribution in [0.15, 0.2) is 78.9 Å². The fraction of sp³-hybridized carbons (Fsp3) is 0.463. The number of carbonyl (C=O) groups is 4. The van der Waals surface area contributed by atoms with Gasteiger partial charge < -0.3 is 26.6 Å². The first-order valence-corrected chi connectivity index (χ1v) is 20.5. The van der Waals surface area contributed by atoms with E-state index in [1.807, 2.05) is 88.4 Å². The van der Waals surface area contributed by atoms with Gasteiger partial charge in [-0.15, -0.1) is 0 Å². The van der Waals surface area contributed by atoms with Crippen LogP contribution in [0.3, 0.4) is 0 Å². The van der Waals surface area contributed by atoms with Crippen LogP contribution in [0.1, 0.15) is 91.8 Å². The molecule has 3 aromatic carbocycles.